The van der Waals surface area contributed by atoms with E-state index in [0.717, 1.165) is 31.2 Å². The van der Waals surface area contributed by atoms with E-state index in [0.29, 0.717) is 11.3 Å². The molecule has 1 aromatic rings. The monoisotopic (exact) mass is 265 g/mol. The predicted molar refractivity (Wildman–Crippen MR) is 71.5 cm³/mol. The Morgan fingerprint density at radius 1 is 1.26 bits per heavy atom. The van der Waals surface area contributed by atoms with E-state index >= 15 is 0 Å². The second kappa shape index (κ2) is 5.57. The Labute approximate surface area is 112 Å². The van der Waals surface area contributed by atoms with E-state index in [1.54, 1.807) is 13.0 Å². The molecule has 5 heteroatoms. The molecule has 1 aliphatic carbocycles. The van der Waals surface area contributed by atoms with Crippen molar-refractivity contribution in [3.63, 3.8) is 0 Å². The fourth-order valence-corrected chi connectivity index (χ4v) is 2.52. The van der Waals surface area contributed by atoms with Crippen molar-refractivity contribution in [2.75, 3.05) is 0 Å². The van der Waals surface area contributed by atoms with Crippen LogP contribution in [0, 0.1) is 24.0 Å². The number of nitro benzene ring substituents is 1. The third-order valence-corrected chi connectivity index (χ3v) is 3.64. The number of nitrogens with zero attached hydrogens (tertiary/aromatic N) is 1. The van der Waals surface area contributed by atoms with Crippen molar-refractivity contribution in [2.24, 2.45) is 0 Å². The number of nitro groups is 1. The summed E-state index contributed by atoms with van der Waals surface area (Å²) in [4.78, 5) is 10.5. The molecule has 2 atom stereocenters. The lowest BCUT2D eigenvalue weighted by atomic mass is 9.94. The van der Waals surface area contributed by atoms with Gasteiger partial charge in [0.05, 0.1) is 17.1 Å². The van der Waals surface area contributed by atoms with Crippen LogP contribution >= 0.6 is 0 Å². The van der Waals surface area contributed by atoms with E-state index in [9.17, 15) is 15.2 Å². The van der Waals surface area contributed by atoms with Crippen molar-refractivity contribution in [2.45, 2.75) is 51.7 Å². The van der Waals surface area contributed by atoms with Crippen LogP contribution in [-0.4, -0.2) is 22.2 Å². The fraction of sp³-hybridized carbons (Fsp3) is 0.571. The number of benzene rings is 1. The van der Waals surface area contributed by atoms with Gasteiger partial charge in [-0.25, -0.2) is 0 Å². The summed E-state index contributed by atoms with van der Waals surface area (Å²) in [5.74, 6) is 0.503. The zero-order valence-corrected chi connectivity index (χ0v) is 11.3. The molecule has 0 aromatic heterocycles. The van der Waals surface area contributed by atoms with Gasteiger partial charge in [0.2, 0.25) is 0 Å². The first-order valence-corrected chi connectivity index (χ1v) is 6.59. The van der Waals surface area contributed by atoms with E-state index in [2.05, 4.69) is 0 Å². The molecule has 0 radical (unpaired) electrons. The molecule has 0 heterocycles. The number of hydrogen-bond donors (Lipinski definition) is 1. The maximum absolute atomic E-state index is 10.9. The molecule has 1 aromatic carbocycles. The molecular formula is C14H19NO4. The van der Waals surface area contributed by atoms with Crippen molar-refractivity contribution in [3.8, 4) is 5.75 Å². The molecule has 5 nitrogen and oxygen atoms in total. The summed E-state index contributed by atoms with van der Waals surface area (Å²) in [6, 6.07) is 3.22. The van der Waals surface area contributed by atoms with Crippen LogP contribution in [-0.2, 0) is 0 Å². The van der Waals surface area contributed by atoms with Gasteiger partial charge in [0, 0.05) is 5.56 Å². The van der Waals surface area contributed by atoms with Crippen molar-refractivity contribution in [1.82, 2.24) is 0 Å². The largest absolute Gasteiger partial charge is 0.487 e. The average molecular weight is 265 g/mol. The maximum atomic E-state index is 10.9. The highest BCUT2D eigenvalue weighted by Crippen LogP contribution is 2.31. The van der Waals surface area contributed by atoms with E-state index in [4.69, 9.17) is 4.74 Å². The van der Waals surface area contributed by atoms with E-state index in [1.165, 1.54) is 6.07 Å². The Morgan fingerprint density at radius 2 is 1.95 bits per heavy atom. The molecule has 0 bridgehead atoms. The first-order valence-electron chi connectivity index (χ1n) is 6.59. The minimum absolute atomic E-state index is 0.0610. The second-order valence-electron chi connectivity index (χ2n) is 5.17. The summed E-state index contributed by atoms with van der Waals surface area (Å²) in [7, 11) is 0. The van der Waals surface area contributed by atoms with Gasteiger partial charge in [-0.1, -0.05) is 6.42 Å². The van der Waals surface area contributed by atoms with Crippen LogP contribution in [0.2, 0.25) is 0 Å². The normalized spacial score (nSPS) is 23.1. The molecule has 104 valence electrons. The van der Waals surface area contributed by atoms with E-state index in [1.807, 2.05) is 6.92 Å². The average Bonchev–Trinajstić information content (AvgIpc) is 2.34. The molecule has 0 unspecified atom stereocenters. The summed E-state index contributed by atoms with van der Waals surface area (Å²) in [6.45, 7) is 3.58. The van der Waals surface area contributed by atoms with Gasteiger partial charge < -0.3 is 9.84 Å². The summed E-state index contributed by atoms with van der Waals surface area (Å²) in [5.41, 5.74) is 1.55. The molecule has 1 fully saturated rings. The minimum atomic E-state index is -0.478. The van der Waals surface area contributed by atoms with Gasteiger partial charge in [-0.3, -0.25) is 10.1 Å². The maximum Gasteiger partial charge on any atom is 0.276 e. The lowest BCUT2D eigenvalue weighted by molar-refractivity contribution is -0.385. The van der Waals surface area contributed by atoms with Gasteiger partial charge in [-0.2, -0.15) is 0 Å². The summed E-state index contributed by atoms with van der Waals surface area (Å²) in [6.07, 6.45) is 2.83. The topological polar surface area (TPSA) is 72.6 Å². The number of aliphatic hydroxyl groups excluding tert-OH is 1. The molecule has 0 amide bonds. The number of hydrogen-bond acceptors (Lipinski definition) is 4. The molecule has 1 aliphatic rings. The standard InChI is InChI=1S/C14H19NO4/c1-9-7-10(2)14(8-11(9)15(17)18)19-13-6-4-3-5-12(13)16/h7-8,12-13,16H,3-6H2,1-2H3/t12-,13-/m0/s1. The Bertz CT molecular complexity index is 487. The Kier molecular flexibility index (Phi) is 4.04. The highest BCUT2D eigenvalue weighted by Gasteiger charge is 2.26. The van der Waals surface area contributed by atoms with Gasteiger partial charge in [-0.15, -0.1) is 0 Å². The Balaban J connectivity index is 2.24. The first kappa shape index (κ1) is 13.8. The van der Waals surface area contributed by atoms with E-state index < -0.39 is 11.0 Å². The highest BCUT2D eigenvalue weighted by molar-refractivity contribution is 5.49. The molecule has 1 N–H and O–H groups in total. The lowest BCUT2D eigenvalue weighted by Gasteiger charge is -2.28. The van der Waals surface area contributed by atoms with Crippen LogP contribution in [0.15, 0.2) is 12.1 Å². The predicted octanol–water partition coefficient (Wildman–Crippen LogP) is 2.89. The van der Waals surface area contributed by atoms with Gasteiger partial charge in [-0.05, 0) is 44.7 Å². The van der Waals surface area contributed by atoms with Gasteiger partial charge >= 0.3 is 0 Å². The molecule has 2 rings (SSSR count). The number of aryl methyl sites for hydroxylation is 2. The Morgan fingerprint density at radius 3 is 2.58 bits per heavy atom. The van der Waals surface area contributed by atoms with Crippen LogP contribution in [0.1, 0.15) is 36.8 Å². The van der Waals surface area contributed by atoms with Crippen LogP contribution in [0.25, 0.3) is 0 Å². The van der Waals surface area contributed by atoms with Crippen LogP contribution < -0.4 is 4.74 Å². The third kappa shape index (κ3) is 3.04. The zero-order valence-electron chi connectivity index (χ0n) is 11.3. The van der Waals surface area contributed by atoms with Crippen molar-refractivity contribution in [3.05, 3.63) is 33.4 Å². The highest BCUT2D eigenvalue weighted by atomic mass is 16.6. The molecular weight excluding hydrogens is 246 g/mol. The molecule has 0 spiro atoms. The van der Waals surface area contributed by atoms with Crippen LogP contribution in [0.5, 0.6) is 5.75 Å². The third-order valence-electron chi connectivity index (χ3n) is 3.64. The first-order chi connectivity index (χ1) is 8.99. The van der Waals surface area contributed by atoms with Crippen molar-refractivity contribution >= 4 is 5.69 Å². The smallest absolute Gasteiger partial charge is 0.276 e. The van der Waals surface area contributed by atoms with Crippen molar-refractivity contribution in [1.29, 1.82) is 0 Å². The fourth-order valence-electron chi connectivity index (χ4n) is 2.52. The number of rotatable bonds is 3. The minimum Gasteiger partial charge on any atom is -0.487 e. The van der Waals surface area contributed by atoms with Crippen LogP contribution in [0.3, 0.4) is 0 Å². The molecule has 0 aliphatic heterocycles. The zero-order chi connectivity index (χ0) is 14.0. The van der Waals surface area contributed by atoms with Crippen molar-refractivity contribution < 1.29 is 14.8 Å². The Hall–Kier alpha value is -1.62. The molecule has 0 saturated heterocycles. The van der Waals surface area contributed by atoms with Gasteiger partial charge in [0.1, 0.15) is 11.9 Å². The number of ether oxygens (including phenoxy) is 1. The summed E-state index contributed by atoms with van der Waals surface area (Å²) < 4.78 is 5.79. The number of aliphatic hydroxyl groups is 1. The van der Waals surface area contributed by atoms with Gasteiger partial charge in [0.25, 0.3) is 5.69 Å². The molecule has 1 saturated carbocycles. The van der Waals surface area contributed by atoms with Crippen LogP contribution in [0.4, 0.5) is 5.69 Å². The lowest BCUT2D eigenvalue weighted by Crippen LogP contribution is -2.34. The van der Waals surface area contributed by atoms with Gasteiger partial charge in [0.15, 0.2) is 0 Å². The molecule has 19 heavy (non-hydrogen) atoms. The van der Waals surface area contributed by atoms with E-state index in [-0.39, 0.29) is 11.8 Å². The summed E-state index contributed by atoms with van der Waals surface area (Å²) in [5, 5.41) is 20.8. The summed E-state index contributed by atoms with van der Waals surface area (Å²) >= 11 is 0. The SMILES string of the molecule is Cc1cc(C)c([N+](=O)[O-])cc1O[C@H]1CCCC[C@@H]1O. The second-order valence-corrected chi connectivity index (χ2v) is 5.17. The quantitative estimate of drug-likeness (QED) is 0.673.